The lowest BCUT2D eigenvalue weighted by molar-refractivity contribution is 0.342. The second kappa shape index (κ2) is 7.86. The maximum absolute atomic E-state index is 3.55. The van der Waals surface area contributed by atoms with Gasteiger partial charge in [-0.1, -0.05) is 26.8 Å². The lowest BCUT2D eigenvalue weighted by Crippen LogP contribution is -2.27. The zero-order valence-corrected chi connectivity index (χ0v) is 11.6. The van der Waals surface area contributed by atoms with E-state index >= 15 is 0 Å². The predicted molar refractivity (Wildman–Crippen MR) is 74.1 cm³/mol. The van der Waals surface area contributed by atoms with Gasteiger partial charge in [0.05, 0.1) is 0 Å². The molecule has 0 aliphatic rings. The summed E-state index contributed by atoms with van der Waals surface area (Å²) in [6, 6.07) is 4.40. The molecule has 1 N–H and O–H groups in total. The van der Waals surface area contributed by atoms with Gasteiger partial charge in [-0.05, 0) is 55.6 Å². The van der Waals surface area contributed by atoms with Crippen molar-refractivity contribution >= 4 is 11.3 Å². The van der Waals surface area contributed by atoms with Gasteiger partial charge in [0.2, 0.25) is 0 Å². The topological polar surface area (TPSA) is 12.0 Å². The lowest BCUT2D eigenvalue weighted by atomic mass is 9.91. The molecular formula is C14H25NS. The highest BCUT2D eigenvalue weighted by Gasteiger charge is 2.12. The van der Waals surface area contributed by atoms with Crippen LogP contribution in [0, 0.1) is 11.8 Å². The highest BCUT2D eigenvalue weighted by molar-refractivity contribution is 7.09. The van der Waals surface area contributed by atoms with E-state index in [0.717, 1.165) is 18.4 Å². The normalized spacial score (nSPS) is 13.2. The van der Waals surface area contributed by atoms with Crippen molar-refractivity contribution < 1.29 is 0 Å². The summed E-state index contributed by atoms with van der Waals surface area (Å²) in [6.07, 6.45) is 3.79. The quantitative estimate of drug-likeness (QED) is 0.677. The number of rotatable bonds is 8. The maximum Gasteiger partial charge on any atom is 0.00453 e. The molecule has 1 unspecified atom stereocenters. The van der Waals surface area contributed by atoms with E-state index in [4.69, 9.17) is 0 Å². The average Bonchev–Trinajstić information content (AvgIpc) is 2.75. The van der Waals surface area contributed by atoms with Gasteiger partial charge in [-0.3, -0.25) is 0 Å². The van der Waals surface area contributed by atoms with Gasteiger partial charge in [0.25, 0.3) is 0 Å². The summed E-state index contributed by atoms with van der Waals surface area (Å²) in [7, 11) is 0. The number of thiophene rings is 1. The molecule has 0 bridgehead atoms. The van der Waals surface area contributed by atoms with Crippen molar-refractivity contribution in [3.8, 4) is 0 Å². The van der Waals surface area contributed by atoms with Crippen LogP contribution in [0.25, 0.3) is 0 Å². The molecule has 1 heterocycles. The van der Waals surface area contributed by atoms with Gasteiger partial charge >= 0.3 is 0 Å². The minimum Gasteiger partial charge on any atom is -0.316 e. The Kier molecular flexibility index (Phi) is 6.74. The molecule has 0 aromatic carbocycles. The van der Waals surface area contributed by atoms with E-state index in [1.54, 1.807) is 0 Å². The van der Waals surface area contributed by atoms with Gasteiger partial charge in [0.1, 0.15) is 0 Å². The third-order valence-corrected chi connectivity index (χ3v) is 4.05. The summed E-state index contributed by atoms with van der Waals surface area (Å²) in [5.41, 5.74) is 0. The number of hydrogen-bond acceptors (Lipinski definition) is 2. The van der Waals surface area contributed by atoms with E-state index in [0.29, 0.717) is 0 Å². The first kappa shape index (κ1) is 13.7. The van der Waals surface area contributed by atoms with E-state index in [1.165, 1.54) is 30.7 Å². The van der Waals surface area contributed by atoms with Gasteiger partial charge in [0, 0.05) is 4.88 Å². The molecule has 0 fully saturated rings. The fourth-order valence-electron chi connectivity index (χ4n) is 1.92. The minimum absolute atomic E-state index is 0.782. The third kappa shape index (κ3) is 5.13. The fraction of sp³-hybridized carbons (Fsp3) is 0.714. The second-order valence-electron chi connectivity index (χ2n) is 4.83. The van der Waals surface area contributed by atoms with Crippen molar-refractivity contribution in [1.82, 2.24) is 5.32 Å². The molecule has 0 radical (unpaired) electrons. The summed E-state index contributed by atoms with van der Waals surface area (Å²) >= 11 is 1.88. The van der Waals surface area contributed by atoms with Crippen LogP contribution in [0.5, 0.6) is 0 Å². The highest BCUT2D eigenvalue weighted by atomic mass is 32.1. The standard InChI is InChI=1S/C14H25NS/c1-4-9-15-11-13(12(2)3)7-8-14-6-5-10-16-14/h5-6,10,12-13,15H,4,7-9,11H2,1-3H3. The van der Waals surface area contributed by atoms with Crippen LogP contribution in [0.4, 0.5) is 0 Å². The molecule has 0 saturated carbocycles. The molecule has 1 aromatic rings. The largest absolute Gasteiger partial charge is 0.316 e. The molecule has 2 heteroatoms. The Bertz CT molecular complexity index is 254. The SMILES string of the molecule is CCCNCC(CCc1cccs1)C(C)C. The molecule has 1 nitrogen and oxygen atoms in total. The Morgan fingerprint density at radius 3 is 2.75 bits per heavy atom. The van der Waals surface area contributed by atoms with Crippen LogP contribution < -0.4 is 5.32 Å². The Hall–Kier alpha value is -0.340. The molecule has 0 amide bonds. The maximum atomic E-state index is 3.55. The van der Waals surface area contributed by atoms with Crippen LogP contribution in [0.1, 0.15) is 38.5 Å². The Balaban J connectivity index is 2.27. The summed E-state index contributed by atoms with van der Waals surface area (Å²) in [6.45, 7) is 9.24. The van der Waals surface area contributed by atoms with Crippen LogP contribution in [0.3, 0.4) is 0 Å². The first-order chi connectivity index (χ1) is 7.74. The van der Waals surface area contributed by atoms with Crippen LogP contribution in [-0.2, 0) is 6.42 Å². The molecule has 16 heavy (non-hydrogen) atoms. The van der Waals surface area contributed by atoms with Crippen molar-refractivity contribution in [3.05, 3.63) is 22.4 Å². The van der Waals surface area contributed by atoms with Crippen molar-refractivity contribution in [1.29, 1.82) is 0 Å². The van der Waals surface area contributed by atoms with Gasteiger partial charge in [0.15, 0.2) is 0 Å². The first-order valence-corrected chi connectivity index (χ1v) is 7.35. The average molecular weight is 239 g/mol. The van der Waals surface area contributed by atoms with Gasteiger partial charge in [-0.15, -0.1) is 11.3 Å². The smallest absolute Gasteiger partial charge is 0.00453 e. The number of hydrogen-bond donors (Lipinski definition) is 1. The van der Waals surface area contributed by atoms with E-state index in [9.17, 15) is 0 Å². The monoisotopic (exact) mass is 239 g/mol. The summed E-state index contributed by atoms with van der Waals surface area (Å²) < 4.78 is 0. The first-order valence-electron chi connectivity index (χ1n) is 6.47. The van der Waals surface area contributed by atoms with E-state index in [1.807, 2.05) is 11.3 Å². The molecule has 0 spiro atoms. The van der Waals surface area contributed by atoms with Gasteiger partial charge < -0.3 is 5.32 Å². The molecular weight excluding hydrogens is 214 g/mol. The van der Waals surface area contributed by atoms with E-state index in [-0.39, 0.29) is 0 Å². The second-order valence-corrected chi connectivity index (χ2v) is 5.86. The molecule has 0 aliphatic heterocycles. The Morgan fingerprint density at radius 1 is 1.38 bits per heavy atom. The molecule has 0 saturated heterocycles. The summed E-state index contributed by atoms with van der Waals surface area (Å²) in [4.78, 5) is 1.53. The van der Waals surface area contributed by atoms with E-state index < -0.39 is 0 Å². The number of nitrogens with one attached hydrogen (secondary N) is 1. The van der Waals surface area contributed by atoms with Crippen molar-refractivity contribution in [2.24, 2.45) is 11.8 Å². The van der Waals surface area contributed by atoms with Gasteiger partial charge in [-0.2, -0.15) is 0 Å². The molecule has 1 aromatic heterocycles. The van der Waals surface area contributed by atoms with Crippen molar-refractivity contribution in [2.75, 3.05) is 13.1 Å². The zero-order chi connectivity index (χ0) is 11.8. The Morgan fingerprint density at radius 2 is 2.19 bits per heavy atom. The number of aryl methyl sites for hydroxylation is 1. The minimum atomic E-state index is 0.782. The van der Waals surface area contributed by atoms with Crippen molar-refractivity contribution in [3.63, 3.8) is 0 Å². The fourth-order valence-corrected chi connectivity index (χ4v) is 2.64. The summed E-state index contributed by atoms with van der Waals surface area (Å²) in [5.74, 6) is 1.60. The van der Waals surface area contributed by atoms with Gasteiger partial charge in [-0.25, -0.2) is 0 Å². The lowest BCUT2D eigenvalue weighted by Gasteiger charge is -2.21. The molecule has 1 rings (SSSR count). The molecule has 0 aliphatic carbocycles. The van der Waals surface area contributed by atoms with Crippen LogP contribution in [-0.4, -0.2) is 13.1 Å². The molecule has 92 valence electrons. The summed E-state index contributed by atoms with van der Waals surface area (Å²) in [5, 5.41) is 5.73. The molecule has 1 atom stereocenters. The highest BCUT2D eigenvalue weighted by Crippen LogP contribution is 2.19. The van der Waals surface area contributed by atoms with Crippen LogP contribution in [0.2, 0.25) is 0 Å². The Labute approximate surface area is 104 Å². The van der Waals surface area contributed by atoms with E-state index in [2.05, 4.69) is 43.6 Å². The predicted octanol–water partition coefficient (Wildman–Crippen LogP) is 3.95. The zero-order valence-electron chi connectivity index (χ0n) is 10.8. The van der Waals surface area contributed by atoms with Crippen LogP contribution in [0.15, 0.2) is 17.5 Å². The van der Waals surface area contributed by atoms with Crippen molar-refractivity contribution in [2.45, 2.75) is 40.0 Å². The third-order valence-electron chi connectivity index (χ3n) is 3.12. The van der Waals surface area contributed by atoms with Crippen LogP contribution >= 0.6 is 11.3 Å².